The van der Waals surface area contributed by atoms with Crippen molar-refractivity contribution >= 4 is 5.91 Å². The van der Waals surface area contributed by atoms with Gasteiger partial charge in [-0.05, 0) is 44.6 Å². The first kappa shape index (κ1) is 17.3. The van der Waals surface area contributed by atoms with Crippen molar-refractivity contribution < 1.29 is 9.53 Å². The maximum absolute atomic E-state index is 12.4. The van der Waals surface area contributed by atoms with Gasteiger partial charge in [-0.3, -0.25) is 4.79 Å². The average molecular weight is 376 g/mol. The van der Waals surface area contributed by atoms with Crippen LogP contribution in [0.3, 0.4) is 0 Å². The summed E-state index contributed by atoms with van der Waals surface area (Å²) in [6.45, 7) is 2.05. The topological polar surface area (TPSA) is 60.3 Å². The van der Waals surface area contributed by atoms with Gasteiger partial charge in [0.1, 0.15) is 23.7 Å². The quantitative estimate of drug-likeness (QED) is 0.753. The van der Waals surface area contributed by atoms with Gasteiger partial charge in [0.25, 0.3) is 0 Å². The third-order valence-electron chi connectivity index (χ3n) is 5.32. The monoisotopic (exact) mass is 376 g/mol. The number of imidazole rings is 1. The Morgan fingerprint density at radius 3 is 2.75 bits per heavy atom. The number of hydrogen-bond acceptors (Lipinski definition) is 4. The van der Waals surface area contributed by atoms with Gasteiger partial charge >= 0.3 is 0 Å². The number of ether oxygens (including phenoxy) is 1. The third-order valence-corrected chi connectivity index (χ3v) is 5.32. The van der Waals surface area contributed by atoms with Crippen LogP contribution in [0.15, 0.2) is 24.8 Å². The molecule has 0 N–H and O–H groups in total. The van der Waals surface area contributed by atoms with Crippen LogP contribution in [0.25, 0.3) is 11.4 Å². The highest BCUT2D eigenvalue weighted by Crippen LogP contribution is 2.33. The molecule has 1 saturated heterocycles. The molecule has 2 saturated carbocycles. The van der Waals surface area contributed by atoms with E-state index in [0.717, 1.165) is 61.5 Å². The Bertz CT molecular complexity index is 941. The molecule has 5 rings (SSSR count). The van der Waals surface area contributed by atoms with Crippen LogP contribution in [0.1, 0.15) is 44.1 Å². The Morgan fingerprint density at radius 1 is 1.18 bits per heavy atom. The summed E-state index contributed by atoms with van der Waals surface area (Å²) in [5, 5.41) is 0. The molecule has 144 valence electrons. The van der Waals surface area contributed by atoms with E-state index in [1.54, 1.807) is 12.5 Å². The summed E-state index contributed by atoms with van der Waals surface area (Å²) >= 11 is 0. The molecule has 1 amide bonds. The molecule has 0 spiro atoms. The summed E-state index contributed by atoms with van der Waals surface area (Å²) in [4.78, 5) is 23.4. The highest BCUT2D eigenvalue weighted by molar-refractivity contribution is 5.76. The lowest BCUT2D eigenvalue weighted by Gasteiger charge is -2.15. The second kappa shape index (κ2) is 7.31. The van der Waals surface area contributed by atoms with Crippen molar-refractivity contribution in [1.29, 1.82) is 0 Å². The zero-order valence-electron chi connectivity index (χ0n) is 15.9. The molecular formula is C22H24N4O2. The van der Waals surface area contributed by atoms with Crippen molar-refractivity contribution in [2.24, 2.45) is 5.92 Å². The van der Waals surface area contributed by atoms with Crippen LogP contribution >= 0.6 is 0 Å². The van der Waals surface area contributed by atoms with E-state index >= 15 is 0 Å². The van der Waals surface area contributed by atoms with Crippen molar-refractivity contribution in [3.63, 3.8) is 0 Å². The molecule has 0 radical (unpaired) electrons. The Balaban J connectivity index is 1.36. The fourth-order valence-corrected chi connectivity index (χ4v) is 3.37. The van der Waals surface area contributed by atoms with E-state index in [9.17, 15) is 4.79 Å². The van der Waals surface area contributed by atoms with E-state index in [1.165, 1.54) is 12.8 Å². The Morgan fingerprint density at radius 2 is 2.00 bits per heavy atom. The van der Waals surface area contributed by atoms with Crippen molar-refractivity contribution in [2.75, 3.05) is 13.1 Å². The summed E-state index contributed by atoms with van der Waals surface area (Å²) in [5.74, 6) is 7.92. The van der Waals surface area contributed by atoms with Gasteiger partial charge in [0.15, 0.2) is 0 Å². The van der Waals surface area contributed by atoms with Crippen molar-refractivity contribution in [2.45, 2.75) is 51.2 Å². The van der Waals surface area contributed by atoms with Crippen LogP contribution in [-0.2, 0) is 11.3 Å². The summed E-state index contributed by atoms with van der Waals surface area (Å²) in [6.07, 6.45) is 12.4. The van der Waals surface area contributed by atoms with E-state index in [2.05, 4.69) is 21.8 Å². The fraction of sp³-hybridized carbons (Fsp3) is 0.500. The lowest BCUT2D eigenvalue weighted by molar-refractivity contribution is -0.130. The lowest BCUT2D eigenvalue weighted by atomic mass is 10.2. The zero-order chi connectivity index (χ0) is 18.9. The van der Waals surface area contributed by atoms with Gasteiger partial charge in [-0.2, -0.15) is 0 Å². The van der Waals surface area contributed by atoms with Crippen molar-refractivity contribution in [3.8, 4) is 29.0 Å². The molecule has 3 heterocycles. The van der Waals surface area contributed by atoms with Crippen LogP contribution in [0.4, 0.5) is 0 Å². The number of carbonyl (C=O) groups excluding carboxylic acids is 1. The van der Waals surface area contributed by atoms with E-state index in [0.29, 0.717) is 12.5 Å². The van der Waals surface area contributed by atoms with E-state index in [4.69, 9.17) is 4.74 Å². The minimum Gasteiger partial charge on any atom is -0.488 e. The highest BCUT2D eigenvalue weighted by atomic mass is 16.5. The largest absolute Gasteiger partial charge is 0.488 e. The van der Waals surface area contributed by atoms with Gasteiger partial charge in [0.2, 0.25) is 5.91 Å². The maximum Gasteiger partial charge on any atom is 0.242 e. The predicted molar refractivity (Wildman–Crippen MR) is 105 cm³/mol. The molecule has 2 aliphatic carbocycles. The smallest absolute Gasteiger partial charge is 0.242 e. The SMILES string of the molecule is O=C(Cn1cnc(-c2ncc(C#CC3CC3)cc2OC2CC2)c1)N1CCCC1. The number of rotatable bonds is 5. The second-order valence-electron chi connectivity index (χ2n) is 7.95. The van der Waals surface area contributed by atoms with Crippen LogP contribution in [-0.4, -0.2) is 44.5 Å². The Labute approximate surface area is 164 Å². The first-order valence-corrected chi connectivity index (χ1v) is 10.2. The predicted octanol–water partition coefficient (Wildman–Crippen LogP) is 2.87. The van der Waals surface area contributed by atoms with Gasteiger partial charge in [-0.25, -0.2) is 9.97 Å². The molecule has 0 aromatic carbocycles. The first-order valence-electron chi connectivity index (χ1n) is 10.2. The molecule has 28 heavy (non-hydrogen) atoms. The maximum atomic E-state index is 12.4. The van der Waals surface area contributed by atoms with Gasteiger partial charge < -0.3 is 14.2 Å². The van der Waals surface area contributed by atoms with E-state index in [1.807, 2.05) is 21.7 Å². The Kier molecular flexibility index (Phi) is 4.52. The van der Waals surface area contributed by atoms with Crippen molar-refractivity contribution in [3.05, 3.63) is 30.4 Å². The number of pyridine rings is 1. The van der Waals surface area contributed by atoms with Crippen LogP contribution in [0.5, 0.6) is 5.75 Å². The first-order chi connectivity index (χ1) is 13.7. The zero-order valence-corrected chi connectivity index (χ0v) is 15.9. The summed E-state index contributed by atoms with van der Waals surface area (Å²) in [5.41, 5.74) is 2.33. The molecule has 0 bridgehead atoms. The Hall–Kier alpha value is -2.81. The highest BCUT2D eigenvalue weighted by Gasteiger charge is 2.26. The molecule has 0 atom stereocenters. The number of nitrogens with zero attached hydrogens (tertiary/aromatic N) is 4. The minimum absolute atomic E-state index is 0.148. The molecule has 2 aromatic rings. The standard InChI is InChI=1S/C22H24N4O2/c27-21(26-9-1-2-10-26)14-25-13-19(24-15-25)22-20(28-18-7-8-18)11-17(12-23-22)6-5-16-3-4-16/h11-13,15-16,18H,1-4,7-10,14H2. The molecule has 3 aliphatic rings. The van der Waals surface area contributed by atoms with Gasteiger partial charge in [-0.15, -0.1) is 0 Å². The number of amides is 1. The van der Waals surface area contributed by atoms with Gasteiger partial charge in [0.05, 0.1) is 12.4 Å². The average Bonchev–Trinajstić information content (AvgIpc) is 3.59. The normalized spacial score (nSPS) is 18.6. The van der Waals surface area contributed by atoms with E-state index < -0.39 is 0 Å². The fourth-order valence-electron chi connectivity index (χ4n) is 3.37. The minimum atomic E-state index is 0.148. The number of likely N-dealkylation sites (tertiary alicyclic amines) is 1. The van der Waals surface area contributed by atoms with E-state index in [-0.39, 0.29) is 12.0 Å². The van der Waals surface area contributed by atoms with Crippen LogP contribution in [0.2, 0.25) is 0 Å². The molecule has 0 unspecified atom stereocenters. The number of carbonyl (C=O) groups is 1. The van der Waals surface area contributed by atoms with Crippen LogP contribution < -0.4 is 4.74 Å². The number of hydrogen-bond donors (Lipinski definition) is 0. The van der Waals surface area contributed by atoms with Crippen LogP contribution in [0, 0.1) is 17.8 Å². The lowest BCUT2D eigenvalue weighted by Crippen LogP contribution is -2.30. The molecule has 6 heteroatoms. The molecule has 6 nitrogen and oxygen atoms in total. The van der Waals surface area contributed by atoms with Gasteiger partial charge in [-0.1, -0.05) is 11.8 Å². The summed E-state index contributed by atoms with van der Waals surface area (Å²) in [6, 6.07) is 1.98. The summed E-state index contributed by atoms with van der Waals surface area (Å²) < 4.78 is 7.92. The molecule has 2 aromatic heterocycles. The molecule has 3 fully saturated rings. The second-order valence-corrected chi connectivity index (χ2v) is 7.95. The third kappa shape index (κ3) is 4.04. The summed E-state index contributed by atoms with van der Waals surface area (Å²) in [7, 11) is 0. The van der Waals surface area contributed by atoms with Crippen molar-refractivity contribution in [1.82, 2.24) is 19.4 Å². The molecule has 1 aliphatic heterocycles. The number of aromatic nitrogens is 3. The van der Waals surface area contributed by atoms with Gasteiger partial charge in [0, 0.05) is 37.0 Å². The molecular weight excluding hydrogens is 352 g/mol.